The number of nitrogens with zero attached hydrogens (tertiary/aromatic N) is 3. The summed E-state index contributed by atoms with van der Waals surface area (Å²) in [5, 5.41) is 6.95. The van der Waals surface area contributed by atoms with Gasteiger partial charge < -0.3 is 9.84 Å². The molecule has 6 heteroatoms. The Bertz CT molecular complexity index is 441. The molecule has 1 aromatic heterocycles. The second-order valence-electron chi connectivity index (χ2n) is 5.42. The Morgan fingerprint density at radius 3 is 2.78 bits per heavy atom. The van der Waals surface area contributed by atoms with Crippen molar-refractivity contribution in [3.8, 4) is 0 Å². The van der Waals surface area contributed by atoms with E-state index in [9.17, 15) is 4.79 Å². The highest BCUT2D eigenvalue weighted by Crippen LogP contribution is 2.32. The third-order valence-electron chi connectivity index (χ3n) is 3.54. The Hall–Kier alpha value is -1.43. The number of aryl methyl sites for hydroxylation is 1. The van der Waals surface area contributed by atoms with Gasteiger partial charge >= 0.3 is 0 Å². The number of likely N-dealkylation sites (N-methyl/N-ethyl adjacent to an activating group) is 1. The molecule has 1 fully saturated rings. The second kappa shape index (κ2) is 4.68. The lowest BCUT2D eigenvalue weighted by atomic mass is 9.80. The SMILES string of the molecule is CNC1C(=O)N(c2noc(C)n2)CCCC1(C)C. The summed E-state index contributed by atoms with van der Waals surface area (Å²) in [5.41, 5.74) is -0.0701. The maximum atomic E-state index is 12.5. The number of aromatic nitrogens is 2. The lowest BCUT2D eigenvalue weighted by Gasteiger charge is -2.31. The zero-order valence-corrected chi connectivity index (χ0v) is 11.4. The number of nitrogens with one attached hydrogen (secondary N) is 1. The molecule has 0 bridgehead atoms. The summed E-state index contributed by atoms with van der Waals surface area (Å²) in [4.78, 5) is 18.3. The van der Waals surface area contributed by atoms with Crippen molar-refractivity contribution in [2.75, 3.05) is 18.5 Å². The first kappa shape index (κ1) is 13.0. The maximum absolute atomic E-state index is 12.5. The molecule has 18 heavy (non-hydrogen) atoms. The first-order valence-corrected chi connectivity index (χ1v) is 6.24. The Kier molecular flexibility index (Phi) is 3.38. The molecule has 1 aromatic rings. The largest absolute Gasteiger partial charge is 0.338 e. The van der Waals surface area contributed by atoms with Crippen LogP contribution in [0.5, 0.6) is 0 Å². The first-order chi connectivity index (χ1) is 8.45. The Labute approximate surface area is 107 Å². The van der Waals surface area contributed by atoms with Gasteiger partial charge in [-0.05, 0) is 30.5 Å². The van der Waals surface area contributed by atoms with E-state index in [0.717, 1.165) is 12.8 Å². The van der Waals surface area contributed by atoms with E-state index < -0.39 is 0 Å². The van der Waals surface area contributed by atoms with Gasteiger partial charge in [0, 0.05) is 13.5 Å². The highest BCUT2D eigenvalue weighted by molar-refractivity contribution is 5.96. The number of hydrogen-bond acceptors (Lipinski definition) is 5. The van der Waals surface area contributed by atoms with Crippen LogP contribution in [0.25, 0.3) is 0 Å². The minimum atomic E-state index is -0.223. The van der Waals surface area contributed by atoms with Crippen LogP contribution in [0.15, 0.2) is 4.52 Å². The van der Waals surface area contributed by atoms with Gasteiger partial charge in [-0.15, -0.1) is 0 Å². The van der Waals surface area contributed by atoms with Crippen molar-refractivity contribution in [2.24, 2.45) is 5.41 Å². The fourth-order valence-electron chi connectivity index (χ4n) is 2.55. The summed E-state index contributed by atoms with van der Waals surface area (Å²) in [6.07, 6.45) is 1.92. The monoisotopic (exact) mass is 252 g/mol. The van der Waals surface area contributed by atoms with Gasteiger partial charge in [0.2, 0.25) is 11.8 Å². The molecule has 0 aliphatic carbocycles. The molecule has 1 atom stereocenters. The molecule has 100 valence electrons. The van der Waals surface area contributed by atoms with Crippen molar-refractivity contribution in [3.05, 3.63) is 5.89 Å². The van der Waals surface area contributed by atoms with Gasteiger partial charge in [-0.1, -0.05) is 13.8 Å². The topological polar surface area (TPSA) is 71.3 Å². The molecule has 2 rings (SSSR count). The lowest BCUT2D eigenvalue weighted by Crippen LogP contribution is -2.51. The van der Waals surface area contributed by atoms with Gasteiger partial charge in [0.05, 0.1) is 6.04 Å². The highest BCUT2D eigenvalue weighted by atomic mass is 16.5. The minimum Gasteiger partial charge on any atom is -0.338 e. The van der Waals surface area contributed by atoms with Gasteiger partial charge in [0.15, 0.2) is 0 Å². The van der Waals surface area contributed by atoms with E-state index in [1.165, 1.54) is 0 Å². The van der Waals surface area contributed by atoms with E-state index in [1.807, 2.05) is 7.05 Å². The number of anilines is 1. The average molecular weight is 252 g/mol. The van der Waals surface area contributed by atoms with Crippen molar-refractivity contribution >= 4 is 11.9 Å². The summed E-state index contributed by atoms with van der Waals surface area (Å²) < 4.78 is 4.95. The van der Waals surface area contributed by atoms with Crippen molar-refractivity contribution in [1.29, 1.82) is 0 Å². The van der Waals surface area contributed by atoms with E-state index in [-0.39, 0.29) is 17.4 Å². The van der Waals surface area contributed by atoms with E-state index in [1.54, 1.807) is 11.8 Å². The van der Waals surface area contributed by atoms with E-state index in [0.29, 0.717) is 18.4 Å². The van der Waals surface area contributed by atoms with Crippen molar-refractivity contribution in [2.45, 2.75) is 39.7 Å². The molecule has 2 heterocycles. The molecule has 1 amide bonds. The van der Waals surface area contributed by atoms with Crippen LogP contribution in [0.1, 0.15) is 32.6 Å². The molecule has 0 spiro atoms. The Morgan fingerprint density at radius 1 is 1.50 bits per heavy atom. The number of amides is 1. The number of carbonyl (C=O) groups is 1. The predicted octanol–water partition coefficient (Wildman–Crippen LogP) is 1.12. The average Bonchev–Trinajstić information content (AvgIpc) is 2.66. The molecule has 0 saturated carbocycles. The van der Waals surface area contributed by atoms with Crippen LogP contribution >= 0.6 is 0 Å². The lowest BCUT2D eigenvalue weighted by molar-refractivity contribution is -0.122. The van der Waals surface area contributed by atoms with Crippen molar-refractivity contribution in [1.82, 2.24) is 15.5 Å². The molecule has 1 saturated heterocycles. The molecular formula is C12H20N4O2. The van der Waals surface area contributed by atoms with E-state index >= 15 is 0 Å². The van der Waals surface area contributed by atoms with Gasteiger partial charge in [-0.3, -0.25) is 9.69 Å². The van der Waals surface area contributed by atoms with E-state index in [4.69, 9.17) is 4.52 Å². The third-order valence-corrected chi connectivity index (χ3v) is 3.54. The van der Waals surface area contributed by atoms with Crippen LogP contribution in [-0.4, -0.2) is 35.7 Å². The summed E-state index contributed by atoms with van der Waals surface area (Å²) in [6, 6.07) is -0.223. The molecule has 0 aromatic carbocycles. The van der Waals surface area contributed by atoms with Crippen LogP contribution in [0, 0.1) is 12.3 Å². The second-order valence-corrected chi connectivity index (χ2v) is 5.42. The smallest absolute Gasteiger partial charge is 0.272 e. The minimum absolute atomic E-state index is 0.0146. The summed E-state index contributed by atoms with van der Waals surface area (Å²) in [7, 11) is 1.81. The van der Waals surface area contributed by atoms with Gasteiger partial charge in [0.25, 0.3) is 5.95 Å². The molecule has 1 aliphatic heterocycles. The molecule has 1 aliphatic rings. The fourth-order valence-corrected chi connectivity index (χ4v) is 2.55. The standard InChI is InChI=1S/C12H20N4O2/c1-8-14-11(15-18-8)16-7-5-6-12(2,3)9(13-4)10(16)17/h9,13H,5-7H2,1-4H3. The summed E-state index contributed by atoms with van der Waals surface area (Å²) in [6.45, 7) is 6.58. The normalized spacial score (nSPS) is 24.1. The van der Waals surface area contributed by atoms with Gasteiger partial charge in [-0.25, -0.2) is 0 Å². The van der Waals surface area contributed by atoms with Crippen molar-refractivity contribution in [3.63, 3.8) is 0 Å². The summed E-state index contributed by atoms with van der Waals surface area (Å²) >= 11 is 0. The number of hydrogen-bond donors (Lipinski definition) is 1. The first-order valence-electron chi connectivity index (χ1n) is 6.24. The van der Waals surface area contributed by atoms with Crippen LogP contribution in [0.3, 0.4) is 0 Å². The van der Waals surface area contributed by atoms with Crippen LogP contribution in [-0.2, 0) is 4.79 Å². The fraction of sp³-hybridized carbons (Fsp3) is 0.750. The predicted molar refractivity (Wildman–Crippen MR) is 67.3 cm³/mol. The zero-order chi connectivity index (χ0) is 13.3. The van der Waals surface area contributed by atoms with Gasteiger partial charge in [0.1, 0.15) is 0 Å². The molecule has 0 radical (unpaired) electrons. The molecule has 6 nitrogen and oxygen atoms in total. The molecular weight excluding hydrogens is 232 g/mol. The van der Waals surface area contributed by atoms with Crippen LogP contribution in [0.4, 0.5) is 5.95 Å². The highest BCUT2D eigenvalue weighted by Gasteiger charge is 2.40. The van der Waals surface area contributed by atoms with Crippen molar-refractivity contribution < 1.29 is 9.32 Å². The zero-order valence-electron chi connectivity index (χ0n) is 11.4. The Morgan fingerprint density at radius 2 is 2.22 bits per heavy atom. The molecule has 1 N–H and O–H groups in total. The maximum Gasteiger partial charge on any atom is 0.272 e. The number of rotatable bonds is 2. The van der Waals surface area contributed by atoms with E-state index in [2.05, 4.69) is 29.3 Å². The van der Waals surface area contributed by atoms with Crippen LogP contribution in [0.2, 0.25) is 0 Å². The van der Waals surface area contributed by atoms with Crippen LogP contribution < -0.4 is 10.2 Å². The quantitative estimate of drug-likeness (QED) is 0.854. The Balaban J connectivity index is 2.30. The molecule has 1 unspecified atom stereocenters. The summed E-state index contributed by atoms with van der Waals surface area (Å²) in [5.74, 6) is 0.860. The number of carbonyl (C=O) groups excluding carboxylic acids is 1. The third kappa shape index (κ3) is 2.25. The van der Waals surface area contributed by atoms with Gasteiger partial charge in [-0.2, -0.15) is 4.98 Å².